The second-order valence-electron chi connectivity index (χ2n) is 6.84. The summed E-state index contributed by atoms with van der Waals surface area (Å²) < 4.78 is 4.95. The lowest BCUT2D eigenvalue weighted by Gasteiger charge is -2.23. The van der Waals surface area contributed by atoms with Crippen LogP contribution in [0.15, 0.2) is 42.5 Å². The van der Waals surface area contributed by atoms with E-state index < -0.39 is 5.92 Å². The van der Waals surface area contributed by atoms with Crippen molar-refractivity contribution < 1.29 is 14.3 Å². The van der Waals surface area contributed by atoms with Gasteiger partial charge >= 0.3 is 5.97 Å². The van der Waals surface area contributed by atoms with Crippen LogP contribution in [-0.2, 0) is 20.7 Å². The molecule has 2 aromatic rings. The fraction of sp³-hybridized carbons (Fsp3) is 0.429. The van der Waals surface area contributed by atoms with Gasteiger partial charge in [0.2, 0.25) is 5.91 Å². The minimum Gasteiger partial charge on any atom is -0.469 e. The van der Waals surface area contributed by atoms with E-state index in [1.165, 1.54) is 12.5 Å². The third-order valence-corrected chi connectivity index (χ3v) is 5.94. The number of rotatable bonds is 7. The number of carbonyl (C=O) groups excluding carboxylic acids is 2. The number of halogens is 1. The SMILES string of the molecule is COC(=O)C(CNC(=O)CC1CSCCN1)Cc1ccc2ccccc2c1.Cl. The average Bonchev–Trinajstić information content (AvgIpc) is 2.71. The summed E-state index contributed by atoms with van der Waals surface area (Å²) in [5, 5.41) is 8.58. The fourth-order valence-electron chi connectivity index (χ4n) is 3.34. The van der Waals surface area contributed by atoms with E-state index in [1.54, 1.807) is 0 Å². The fourth-order valence-corrected chi connectivity index (χ4v) is 4.29. The molecule has 7 heteroatoms. The highest BCUT2D eigenvalue weighted by atomic mass is 35.5. The van der Waals surface area contributed by atoms with E-state index in [0.29, 0.717) is 12.8 Å². The summed E-state index contributed by atoms with van der Waals surface area (Å²) in [4.78, 5) is 24.4. The maximum atomic E-state index is 12.2. The second kappa shape index (κ2) is 11.3. The number of amides is 1. The molecule has 5 nitrogen and oxygen atoms in total. The summed E-state index contributed by atoms with van der Waals surface area (Å²) in [6.07, 6.45) is 0.978. The molecule has 1 amide bonds. The Morgan fingerprint density at radius 2 is 2.04 bits per heavy atom. The first-order valence-electron chi connectivity index (χ1n) is 9.29. The molecule has 0 spiro atoms. The van der Waals surface area contributed by atoms with E-state index in [4.69, 9.17) is 4.74 Å². The van der Waals surface area contributed by atoms with Gasteiger partial charge in [0.25, 0.3) is 0 Å². The van der Waals surface area contributed by atoms with Crippen LogP contribution in [0.4, 0.5) is 0 Å². The number of fused-ring (bicyclic) bond motifs is 1. The van der Waals surface area contributed by atoms with Crippen LogP contribution in [0.25, 0.3) is 10.8 Å². The van der Waals surface area contributed by atoms with Gasteiger partial charge in [-0.15, -0.1) is 12.4 Å². The summed E-state index contributed by atoms with van der Waals surface area (Å²) in [6, 6.07) is 14.5. The van der Waals surface area contributed by atoms with Crippen LogP contribution in [0.2, 0.25) is 0 Å². The third kappa shape index (κ3) is 6.40. The van der Waals surface area contributed by atoms with Gasteiger partial charge < -0.3 is 15.4 Å². The van der Waals surface area contributed by atoms with Crippen molar-refractivity contribution in [2.45, 2.75) is 18.9 Å². The lowest BCUT2D eigenvalue weighted by atomic mass is 9.97. The number of nitrogens with one attached hydrogen (secondary N) is 2. The predicted molar refractivity (Wildman–Crippen MR) is 117 cm³/mol. The number of carbonyl (C=O) groups is 2. The Morgan fingerprint density at radius 3 is 2.75 bits per heavy atom. The Bertz CT molecular complexity index is 796. The lowest BCUT2D eigenvalue weighted by molar-refractivity contribution is -0.145. The zero-order valence-electron chi connectivity index (χ0n) is 16.0. The van der Waals surface area contributed by atoms with Gasteiger partial charge in [0.05, 0.1) is 13.0 Å². The largest absolute Gasteiger partial charge is 0.469 e. The molecule has 152 valence electrons. The van der Waals surface area contributed by atoms with E-state index in [0.717, 1.165) is 29.0 Å². The van der Waals surface area contributed by atoms with Gasteiger partial charge in [0, 0.05) is 37.1 Å². The van der Waals surface area contributed by atoms with Crippen LogP contribution < -0.4 is 10.6 Å². The van der Waals surface area contributed by atoms with Gasteiger partial charge in [-0.1, -0.05) is 42.5 Å². The van der Waals surface area contributed by atoms with Gasteiger partial charge in [-0.3, -0.25) is 9.59 Å². The molecule has 3 rings (SSSR count). The molecule has 1 fully saturated rings. The highest BCUT2D eigenvalue weighted by Crippen LogP contribution is 2.18. The average molecular weight is 423 g/mol. The second-order valence-corrected chi connectivity index (χ2v) is 7.99. The molecule has 1 aliphatic heterocycles. The number of methoxy groups -OCH3 is 1. The Labute approximate surface area is 176 Å². The molecule has 0 bridgehead atoms. The monoisotopic (exact) mass is 422 g/mol. The number of thioether (sulfide) groups is 1. The van der Waals surface area contributed by atoms with E-state index >= 15 is 0 Å². The van der Waals surface area contributed by atoms with Crippen LogP contribution >= 0.6 is 24.2 Å². The van der Waals surface area contributed by atoms with E-state index in [-0.39, 0.29) is 36.9 Å². The topological polar surface area (TPSA) is 67.4 Å². The number of benzene rings is 2. The van der Waals surface area contributed by atoms with Crippen molar-refractivity contribution in [1.29, 1.82) is 0 Å². The third-order valence-electron chi connectivity index (χ3n) is 4.81. The quantitative estimate of drug-likeness (QED) is 0.671. The van der Waals surface area contributed by atoms with Crippen molar-refractivity contribution in [2.24, 2.45) is 5.92 Å². The van der Waals surface area contributed by atoms with E-state index in [9.17, 15) is 9.59 Å². The highest BCUT2D eigenvalue weighted by Gasteiger charge is 2.22. The number of ether oxygens (including phenoxy) is 1. The zero-order valence-corrected chi connectivity index (χ0v) is 17.6. The molecule has 28 heavy (non-hydrogen) atoms. The van der Waals surface area contributed by atoms with Crippen LogP contribution in [0.1, 0.15) is 12.0 Å². The van der Waals surface area contributed by atoms with Gasteiger partial charge in [-0.05, 0) is 22.8 Å². The normalized spacial score (nSPS) is 17.4. The molecule has 0 aliphatic carbocycles. The van der Waals surface area contributed by atoms with Gasteiger partial charge in [0.15, 0.2) is 0 Å². The van der Waals surface area contributed by atoms with Crippen LogP contribution in [-0.4, -0.2) is 49.6 Å². The first-order valence-corrected chi connectivity index (χ1v) is 10.4. The molecule has 1 saturated heterocycles. The van der Waals surface area contributed by atoms with Crippen LogP contribution in [0.3, 0.4) is 0 Å². The van der Waals surface area contributed by atoms with Gasteiger partial charge in [-0.2, -0.15) is 11.8 Å². The first-order chi connectivity index (χ1) is 13.2. The minimum atomic E-state index is -0.395. The van der Waals surface area contributed by atoms with Crippen molar-refractivity contribution in [3.05, 3.63) is 48.0 Å². The first kappa shape index (κ1) is 22.5. The van der Waals surface area contributed by atoms with E-state index in [2.05, 4.69) is 34.9 Å². The van der Waals surface area contributed by atoms with Gasteiger partial charge in [-0.25, -0.2) is 0 Å². The molecule has 2 atom stereocenters. The Morgan fingerprint density at radius 1 is 1.25 bits per heavy atom. The van der Waals surface area contributed by atoms with Crippen LogP contribution in [0, 0.1) is 5.92 Å². The maximum Gasteiger partial charge on any atom is 0.310 e. The minimum absolute atomic E-state index is 0. The molecule has 0 aromatic heterocycles. The standard InChI is InChI=1S/C21H26N2O3S.ClH/c1-26-21(25)18(13-23-20(24)12-19-14-27-9-8-22-19)11-15-6-7-16-4-2-3-5-17(16)10-15;/h2-7,10,18-19,22H,8-9,11-14H2,1H3,(H,23,24);1H. The highest BCUT2D eigenvalue weighted by molar-refractivity contribution is 7.99. The molecule has 1 heterocycles. The summed E-state index contributed by atoms with van der Waals surface area (Å²) in [5.74, 6) is 1.32. The number of hydrogen-bond acceptors (Lipinski definition) is 5. The van der Waals surface area contributed by atoms with E-state index in [1.807, 2.05) is 30.0 Å². The molecule has 2 N–H and O–H groups in total. The summed E-state index contributed by atoms with van der Waals surface area (Å²) in [6.45, 7) is 1.23. The van der Waals surface area contributed by atoms with Crippen molar-refractivity contribution >= 4 is 46.8 Å². The smallest absolute Gasteiger partial charge is 0.310 e. The summed E-state index contributed by atoms with van der Waals surface area (Å²) in [7, 11) is 1.39. The number of esters is 1. The Hall–Kier alpha value is -1.76. The Balaban J connectivity index is 0.00000280. The van der Waals surface area contributed by atoms with Gasteiger partial charge in [0.1, 0.15) is 0 Å². The molecule has 2 unspecified atom stereocenters. The molecule has 1 aliphatic rings. The zero-order chi connectivity index (χ0) is 19.1. The molecule has 0 saturated carbocycles. The molecule has 0 radical (unpaired) electrons. The summed E-state index contributed by atoms with van der Waals surface area (Å²) >= 11 is 1.86. The Kier molecular flexibility index (Phi) is 9.09. The number of hydrogen-bond donors (Lipinski definition) is 2. The maximum absolute atomic E-state index is 12.2. The predicted octanol–water partition coefficient (Wildman–Crippen LogP) is 2.80. The lowest BCUT2D eigenvalue weighted by Crippen LogP contribution is -2.42. The van der Waals surface area contributed by atoms with Crippen molar-refractivity contribution in [1.82, 2.24) is 10.6 Å². The summed E-state index contributed by atoms with van der Waals surface area (Å²) in [5.41, 5.74) is 1.06. The van der Waals surface area contributed by atoms with Crippen molar-refractivity contribution in [3.8, 4) is 0 Å². The van der Waals surface area contributed by atoms with Crippen molar-refractivity contribution in [3.63, 3.8) is 0 Å². The molecular weight excluding hydrogens is 396 g/mol. The molecule has 2 aromatic carbocycles. The van der Waals surface area contributed by atoms with Crippen molar-refractivity contribution in [2.75, 3.05) is 31.7 Å². The molecular formula is C21H27ClN2O3S. The van der Waals surface area contributed by atoms with Crippen LogP contribution in [0.5, 0.6) is 0 Å².